The molecule has 0 spiro atoms. The van der Waals surface area contributed by atoms with Gasteiger partial charge in [0.15, 0.2) is 11.5 Å². The zero-order chi connectivity index (χ0) is 18.3. The molecule has 10 nitrogen and oxygen atoms in total. The lowest BCUT2D eigenvalue weighted by molar-refractivity contribution is -0.123. The summed E-state index contributed by atoms with van der Waals surface area (Å²) in [6.07, 6.45) is 6.25. The number of rotatable bonds is 4. The third kappa shape index (κ3) is 2.67. The van der Waals surface area contributed by atoms with E-state index in [1.54, 1.807) is 14.0 Å². The van der Waals surface area contributed by atoms with Gasteiger partial charge in [0.2, 0.25) is 11.8 Å². The summed E-state index contributed by atoms with van der Waals surface area (Å²) in [5, 5.41) is 11.4. The zero-order valence-electron chi connectivity index (χ0n) is 14.6. The smallest absolute Gasteiger partial charge is 0.264 e. The van der Waals surface area contributed by atoms with Gasteiger partial charge in [0.05, 0.1) is 6.20 Å². The van der Waals surface area contributed by atoms with Gasteiger partial charge in [0.1, 0.15) is 23.8 Å². The predicted octanol–water partition coefficient (Wildman–Crippen LogP) is 0.407. The Hall–Kier alpha value is -3.04. The number of carbonyl (C=O) groups excluding carboxylic acids is 1. The average Bonchev–Trinajstić information content (AvgIpc) is 3.32. The molecule has 1 aliphatic rings. The number of carbonyl (C=O) groups is 1. The molecule has 0 aliphatic heterocycles. The van der Waals surface area contributed by atoms with E-state index in [4.69, 9.17) is 4.52 Å². The van der Waals surface area contributed by atoms with Gasteiger partial charge in [0.25, 0.3) is 5.56 Å². The molecule has 10 heteroatoms. The molecule has 0 aromatic carbocycles. The number of aryl methyl sites for hydroxylation is 2. The summed E-state index contributed by atoms with van der Waals surface area (Å²) in [6.45, 7) is 1.59. The number of nitrogens with one attached hydrogen (secondary N) is 1. The summed E-state index contributed by atoms with van der Waals surface area (Å²) in [5.74, 6) is 0.665. The second-order valence-electron chi connectivity index (χ2n) is 6.66. The molecule has 3 aromatic heterocycles. The molecule has 136 valence electrons. The largest absolute Gasteiger partial charge is 0.342 e. The summed E-state index contributed by atoms with van der Waals surface area (Å²) in [5.41, 5.74) is -0.445. The third-order valence-corrected chi connectivity index (χ3v) is 4.82. The maximum Gasteiger partial charge on any atom is 0.264 e. The number of amides is 1. The standard InChI is InChI=1S/C16H19N7O3/c1-10-19-15(21-26-10)16(5-3-4-6-16)20-12(24)8-23-9-17-13-11(14(23)25)7-18-22(13)2/h7,9H,3-6,8H2,1-2H3,(H,20,24). The molecule has 0 saturated heterocycles. The van der Waals surface area contributed by atoms with E-state index >= 15 is 0 Å². The lowest BCUT2D eigenvalue weighted by Crippen LogP contribution is -2.46. The van der Waals surface area contributed by atoms with E-state index in [0.29, 0.717) is 22.7 Å². The predicted molar refractivity (Wildman–Crippen MR) is 90.1 cm³/mol. The van der Waals surface area contributed by atoms with Gasteiger partial charge in [-0.25, -0.2) is 4.98 Å². The van der Waals surface area contributed by atoms with Crippen LogP contribution in [0.2, 0.25) is 0 Å². The average molecular weight is 357 g/mol. The molecule has 3 aromatic rings. The maximum atomic E-state index is 12.6. The van der Waals surface area contributed by atoms with Crippen LogP contribution in [0, 0.1) is 6.92 Å². The van der Waals surface area contributed by atoms with Crippen LogP contribution in [-0.2, 0) is 23.9 Å². The van der Waals surface area contributed by atoms with Crippen molar-refractivity contribution in [2.45, 2.75) is 44.7 Å². The minimum Gasteiger partial charge on any atom is -0.342 e. The van der Waals surface area contributed by atoms with Crippen molar-refractivity contribution >= 4 is 16.9 Å². The first-order valence-electron chi connectivity index (χ1n) is 8.47. The van der Waals surface area contributed by atoms with Crippen LogP contribution in [-0.4, -0.2) is 35.4 Å². The Morgan fingerprint density at radius 2 is 2.15 bits per heavy atom. The molecule has 0 bridgehead atoms. The van der Waals surface area contributed by atoms with E-state index in [9.17, 15) is 9.59 Å². The summed E-state index contributed by atoms with van der Waals surface area (Å²) in [7, 11) is 1.71. The second kappa shape index (κ2) is 6.04. The van der Waals surface area contributed by atoms with Gasteiger partial charge >= 0.3 is 0 Å². The van der Waals surface area contributed by atoms with Crippen LogP contribution in [0.5, 0.6) is 0 Å². The quantitative estimate of drug-likeness (QED) is 0.717. The van der Waals surface area contributed by atoms with Crippen LogP contribution in [0.25, 0.3) is 11.0 Å². The molecule has 0 atom stereocenters. The first-order chi connectivity index (χ1) is 12.5. The lowest BCUT2D eigenvalue weighted by atomic mass is 9.96. The highest BCUT2D eigenvalue weighted by molar-refractivity contribution is 5.78. The molecule has 1 aliphatic carbocycles. The number of hydrogen-bond acceptors (Lipinski definition) is 7. The van der Waals surface area contributed by atoms with Crippen LogP contribution in [0.15, 0.2) is 21.8 Å². The molecule has 1 fully saturated rings. The topological polar surface area (TPSA) is 121 Å². The van der Waals surface area contributed by atoms with E-state index in [-0.39, 0.29) is 18.0 Å². The van der Waals surface area contributed by atoms with Gasteiger partial charge in [-0.3, -0.25) is 18.8 Å². The van der Waals surface area contributed by atoms with E-state index in [0.717, 1.165) is 25.7 Å². The Kier molecular flexibility index (Phi) is 3.82. The number of nitrogens with zero attached hydrogens (tertiary/aromatic N) is 6. The second-order valence-corrected chi connectivity index (χ2v) is 6.66. The minimum absolute atomic E-state index is 0.130. The van der Waals surface area contributed by atoms with Gasteiger partial charge in [-0.15, -0.1) is 0 Å². The first-order valence-corrected chi connectivity index (χ1v) is 8.47. The van der Waals surface area contributed by atoms with E-state index in [2.05, 4.69) is 25.5 Å². The molecule has 1 N–H and O–H groups in total. The zero-order valence-corrected chi connectivity index (χ0v) is 14.6. The Bertz CT molecular complexity index is 1030. The van der Waals surface area contributed by atoms with Crippen LogP contribution in [0.3, 0.4) is 0 Å². The van der Waals surface area contributed by atoms with Gasteiger partial charge in [-0.2, -0.15) is 10.1 Å². The van der Waals surface area contributed by atoms with Crippen molar-refractivity contribution in [3.63, 3.8) is 0 Å². The fourth-order valence-corrected chi connectivity index (χ4v) is 3.52. The third-order valence-electron chi connectivity index (χ3n) is 4.82. The summed E-state index contributed by atoms with van der Waals surface area (Å²) in [6, 6.07) is 0. The Balaban J connectivity index is 1.58. The summed E-state index contributed by atoms with van der Waals surface area (Å²) in [4.78, 5) is 33.7. The first kappa shape index (κ1) is 16.4. The van der Waals surface area contributed by atoms with Gasteiger partial charge in [-0.05, 0) is 12.8 Å². The van der Waals surface area contributed by atoms with E-state index in [1.165, 1.54) is 21.8 Å². The summed E-state index contributed by atoms with van der Waals surface area (Å²) < 4.78 is 7.89. The van der Waals surface area contributed by atoms with E-state index < -0.39 is 5.54 Å². The fraction of sp³-hybridized carbons (Fsp3) is 0.500. The highest BCUT2D eigenvalue weighted by Gasteiger charge is 2.41. The normalized spacial score (nSPS) is 16.2. The van der Waals surface area contributed by atoms with Gasteiger partial charge in [0, 0.05) is 14.0 Å². The molecule has 1 saturated carbocycles. The van der Waals surface area contributed by atoms with Crippen molar-refractivity contribution in [2.75, 3.05) is 0 Å². The number of fused-ring (bicyclic) bond motifs is 1. The molecule has 3 heterocycles. The fourth-order valence-electron chi connectivity index (χ4n) is 3.52. The Labute approximate surface area is 148 Å². The van der Waals surface area contributed by atoms with Crippen molar-refractivity contribution in [1.29, 1.82) is 0 Å². The van der Waals surface area contributed by atoms with Crippen molar-refractivity contribution in [3.05, 3.63) is 34.6 Å². The van der Waals surface area contributed by atoms with Crippen molar-refractivity contribution in [1.82, 2.24) is 34.8 Å². The van der Waals surface area contributed by atoms with Crippen LogP contribution in [0.1, 0.15) is 37.4 Å². The van der Waals surface area contributed by atoms with E-state index in [1.807, 2.05) is 0 Å². The molecular formula is C16H19N7O3. The SMILES string of the molecule is Cc1nc(C2(NC(=O)Cn3cnc4c(cnn4C)c3=O)CCCC2)no1. The molecule has 0 unspecified atom stereocenters. The highest BCUT2D eigenvalue weighted by Crippen LogP contribution is 2.37. The molecule has 26 heavy (non-hydrogen) atoms. The van der Waals surface area contributed by atoms with Crippen molar-refractivity contribution in [3.8, 4) is 0 Å². The van der Waals surface area contributed by atoms with Crippen molar-refractivity contribution in [2.24, 2.45) is 7.05 Å². The van der Waals surface area contributed by atoms with Crippen LogP contribution < -0.4 is 10.9 Å². The summed E-state index contributed by atoms with van der Waals surface area (Å²) >= 11 is 0. The highest BCUT2D eigenvalue weighted by atomic mass is 16.5. The van der Waals surface area contributed by atoms with Gasteiger partial charge < -0.3 is 9.84 Å². The van der Waals surface area contributed by atoms with Crippen LogP contribution in [0.4, 0.5) is 0 Å². The molecule has 1 amide bonds. The Morgan fingerprint density at radius 1 is 1.38 bits per heavy atom. The molecule has 0 radical (unpaired) electrons. The minimum atomic E-state index is -0.635. The van der Waals surface area contributed by atoms with Crippen molar-refractivity contribution < 1.29 is 9.32 Å². The maximum absolute atomic E-state index is 12.6. The lowest BCUT2D eigenvalue weighted by Gasteiger charge is -2.26. The van der Waals surface area contributed by atoms with Gasteiger partial charge in [-0.1, -0.05) is 18.0 Å². The Morgan fingerprint density at radius 3 is 2.85 bits per heavy atom. The number of hydrogen-bond donors (Lipinski definition) is 1. The number of aromatic nitrogens is 6. The molecule has 4 rings (SSSR count). The molecular weight excluding hydrogens is 338 g/mol. The van der Waals surface area contributed by atoms with Crippen LogP contribution >= 0.6 is 0 Å². The monoisotopic (exact) mass is 357 g/mol.